The molecule has 2 saturated heterocycles. The molecular weight excluding hydrogens is 174 g/mol. The lowest BCUT2D eigenvalue weighted by atomic mass is 10.2. The van der Waals surface area contributed by atoms with Crippen LogP contribution in [0.15, 0.2) is 12.2 Å². The van der Waals surface area contributed by atoms with Gasteiger partial charge in [-0.15, -0.1) is 0 Å². The van der Waals surface area contributed by atoms with Crippen molar-refractivity contribution in [2.45, 2.75) is 12.8 Å². The lowest BCUT2D eigenvalue weighted by molar-refractivity contribution is 0.325. The number of hydrogen-bond donors (Lipinski definition) is 1. The van der Waals surface area contributed by atoms with E-state index in [-0.39, 0.29) is 0 Å². The van der Waals surface area contributed by atoms with E-state index in [1.54, 1.807) is 0 Å². The van der Waals surface area contributed by atoms with Crippen molar-refractivity contribution in [1.82, 2.24) is 15.1 Å². The molecule has 0 saturated carbocycles. The Morgan fingerprint density at radius 3 is 2.43 bits per heavy atom. The van der Waals surface area contributed by atoms with Crippen LogP contribution in [0.1, 0.15) is 12.8 Å². The summed E-state index contributed by atoms with van der Waals surface area (Å²) < 4.78 is 0. The van der Waals surface area contributed by atoms with Crippen molar-refractivity contribution in [2.24, 2.45) is 0 Å². The van der Waals surface area contributed by atoms with E-state index in [4.69, 9.17) is 0 Å². The molecule has 0 amide bonds. The van der Waals surface area contributed by atoms with Gasteiger partial charge in [0.25, 0.3) is 0 Å². The molecule has 3 heteroatoms. The molecule has 0 bridgehead atoms. The lowest BCUT2D eigenvalue weighted by Crippen LogP contribution is -2.29. The highest BCUT2D eigenvalue weighted by Crippen LogP contribution is 2.10. The van der Waals surface area contributed by atoms with Crippen LogP contribution in [0.5, 0.6) is 0 Å². The fraction of sp³-hybridized carbons (Fsp3) is 0.818. The Hall–Kier alpha value is -0.380. The van der Waals surface area contributed by atoms with Gasteiger partial charge in [-0.25, -0.2) is 0 Å². The van der Waals surface area contributed by atoms with E-state index in [0.717, 1.165) is 26.3 Å². The zero-order chi connectivity index (χ0) is 9.80. The van der Waals surface area contributed by atoms with Crippen molar-refractivity contribution in [3.05, 3.63) is 12.2 Å². The minimum Gasteiger partial charge on any atom is -0.303 e. The zero-order valence-corrected chi connectivity index (χ0v) is 8.97. The first-order valence-corrected chi connectivity index (χ1v) is 5.67. The van der Waals surface area contributed by atoms with Crippen LogP contribution in [-0.2, 0) is 0 Å². The molecule has 0 aromatic rings. The molecule has 2 aliphatic rings. The SMILES string of the molecule is C=C(CN1CCCC1)CN1CCNC1. The summed E-state index contributed by atoms with van der Waals surface area (Å²) in [5, 5.41) is 3.34. The number of nitrogens with one attached hydrogen (secondary N) is 1. The van der Waals surface area contributed by atoms with Gasteiger partial charge in [-0.1, -0.05) is 6.58 Å². The molecule has 0 radical (unpaired) electrons. The molecule has 0 atom stereocenters. The van der Waals surface area contributed by atoms with Crippen LogP contribution in [-0.4, -0.2) is 55.7 Å². The van der Waals surface area contributed by atoms with E-state index in [1.807, 2.05) is 0 Å². The van der Waals surface area contributed by atoms with Gasteiger partial charge in [0, 0.05) is 32.8 Å². The molecule has 1 N–H and O–H groups in total. The highest BCUT2D eigenvalue weighted by Gasteiger charge is 2.15. The van der Waals surface area contributed by atoms with E-state index in [0.29, 0.717) is 0 Å². The summed E-state index contributed by atoms with van der Waals surface area (Å²) in [6, 6.07) is 0. The van der Waals surface area contributed by atoms with Crippen LogP contribution in [0.25, 0.3) is 0 Å². The summed E-state index contributed by atoms with van der Waals surface area (Å²) in [7, 11) is 0. The van der Waals surface area contributed by atoms with Gasteiger partial charge in [-0.3, -0.25) is 9.80 Å². The number of rotatable bonds is 4. The first-order valence-electron chi connectivity index (χ1n) is 5.67. The maximum Gasteiger partial charge on any atom is 0.0484 e. The molecule has 2 aliphatic heterocycles. The Morgan fingerprint density at radius 1 is 1.07 bits per heavy atom. The minimum absolute atomic E-state index is 1.04. The smallest absolute Gasteiger partial charge is 0.0484 e. The molecule has 0 spiro atoms. The molecule has 0 aromatic heterocycles. The van der Waals surface area contributed by atoms with Gasteiger partial charge in [0.1, 0.15) is 0 Å². The molecule has 2 fully saturated rings. The second kappa shape index (κ2) is 4.91. The summed E-state index contributed by atoms with van der Waals surface area (Å²) in [5.41, 5.74) is 1.37. The Balaban J connectivity index is 1.66. The lowest BCUT2D eigenvalue weighted by Gasteiger charge is -2.20. The minimum atomic E-state index is 1.04. The number of hydrogen-bond acceptors (Lipinski definition) is 3. The van der Waals surface area contributed by atoms with Gasteiger partial charge in [0.15, 0.2) is 0 Å². The van der Waals surface area contributed by atoms with Crippen molar-refractivity contribution >= 4 is 0 Å². The average Bonchev–Trinajstić information content (AvgIpc) is 2.76. The fourth-order valence-corrected chi connectivity index (χ4v) is 2.31. The third-order valence-electron chi connectivity index (χ3n) is 3.03. The van der Waals surface area contributed by atoms with Crippen LogP contribution in [0.3, 0.4) is 0 Å². The topological polar surface area (TPSA) is 18.5 Å². The standard InChI is InChI=1S/C11H21N3/c1-11(8-13-5-2-3-6-13)9-14-7-4-12-10-14/h12H,1-10H2. The maximum atomic E-state index is 4.17. The maximum absolute atomic E-state index is 4.17. The first-order chi connectivity index (χ1) is 6.84. The van der Waals surface area contributed by atoms with E-state index in [1.165, 1.54) is 38.0 Å². The number of nitrogens with zero attached hydrogens (tertiary/aromatic N) is 2. The quantitative estimate of drug-likeness (QED) is 0.659. The normalized spacial score (nSPS) is 24.6. The van der Waals surface area contributed by atoms with E-state index < -0.39 is 0 Å². The van der Waals surface area contributed by atoms with Crippen LogP contribution >= 0.6 is 0 Å². The molecule has 0 aliphatic carbocycles. The predicted molar refractivity (Wildman–Crippen MR) is 59.3 cm³/mol. The van der Waals surface area contributed by atoms with Crippen molar-refractivity contribution < 1.29 is 0 Å². The van der Waals surface area contributed by atoms with Crippen molar-refractivity contribution in [3.8, 4) is 0 Å². The second-order valence-electron chi connectivity index (χ2n) is 4.44. The molecule has 2 rings (SSSR count). The molecule has 2 heterocycles. The molecule has 0 unspecified atom stereocenters. The third kappa shape index (κ3) is 2.80. The summed E-state index contributed by atoms with van der Waals surface area (Å²) >= 11 is 0. The van der Waals surface area contributed by atoms with Crippen molar-refractivity contribution in [3.63, 3.8) is 0 Å². The van der Waals surface area contributed by atoms with Gasteiger partial charge in [-0.2, -0.15) is 0 Å². The van der Waals surface area contributed by atoms with E-state index in [2.05, 4.69) is 21.7 Å². The van der Waals surface area contributed by atoms with Gasteiger partial charge < -0.3 is 5.32 Å². The second-order valence-corrected chi connectivity index (χ2v) is 4.44. The fourth-order valence-electron chi connectivity index (χ4n) is 2.31. The molecule has 14 heavy (non-hydrogen) atoms. The van der Waals surface area contributed by atoms with E-state index in [9.17, 15) is 0 Å². The summed E-state index contributed by atoms with van der Waals surface area (Å²) in [6.07, 6.45) is 2.75. The van der Waals surface area contributed by atoms with Gasteiger partial charge in [0.05, 0.1) is 0 Å². The Kier molecular flexibility index (Phi) is 3.56. The summed E-state index contributed by atoms with van der Waals surface area (Å²) in [4.78, 5) is 4.95. The number of likely N-dealkylation sites (tertiary alicyclic amines) is 1. The highest BCUT2D eigenvalue weighted by atomic mass is 15.3. The Labute approximate surface area is 86.8 Å². The van der Waals surface area contributed by atoms with Crippen LogP contribution in [0, 0.1) is 0 Å². The molecular formula is C11H21N3. The Morgan fingerprint density at radius 2 is 1.79 bits per heavy atom. The van der Waals surface area contributed by atoms with Crippen LogP contribution in [0.2, 0.25) is 0 Å². The largest absolute Gasteiger partial charge is 0.303 e. The summed E-state index contributed by atoms with van der Waals surface area (Å²) in [6.45, 7) is 12.3. The van der Waals surface area contributed by atoms with Crippen LogP contribution in [0.4, 0.5) is 0 Å². The van der Waals surface area contributed by atoms with Gasteiger partial charge in [0.2, 0.25) is 0 Å². The van der Waals surface area contributed by atoms with Crippen molar-refractivity contribution in [2.75, 3.05) is 45.9 Å². The molecule has 0 aromatic carbocycles. The average molecular weight is 195 g/mol. The highest BCUT2D eigenvalue weighted by molar-refractivity contribution is 5.01. The van der Waals surface area contributed by atoms with Gasteiger partial charge >= 0.3 is 0 Å². The van der Waals surface area contributed by atoms with Crippen LogP contribution < -0.4 is 5.32 Å². The van der Waals surface area contributed by atoms with Crippen molar-refractivity contribution in [1.29, 1.82) is 0 Å². The molecule has 80 valence electrons. The third-order valence-corrected chi connectivity index (χ3v) is 3.03. The van der Waals surface area contributed by atoms with Gasteiger partial charge in [-0.05, 0) is 31.5 Å². The molecule has 3 nitrogen and oxygen atoms in total. The summed E-state index contributed by atoms with van der Waals surface area (Å²) in [5.74, 6) is 0. The van der Waals surface area contributed by atoms with E-state index >= 15 is 0 Å². The zero-order valence-electron chi connectivity index (χ0n) is 8.97. The first kappa shape index (κ1) is 10.1. The Bertz CT molecular complexity index is 171. The predicted octanol–water partition coefficient (Wildman–Crippen LogP) is 0.501. The monoisotopic (exact) mass is 195 g/mol.